The van der Waals surface area contributed by atoms with Crippen LogP contribution in [0, 0.1) is 11.8 Å². The third-order valence-electron chi connectivity index (χ3n) is 6.22. The number of nitrogens with zero attached hydrogens (tertiary/aromatic N) is 8. The molecule has 0 bridgehead atoms. The molecular formula is C18H22N9O4S+. The summed E-state index contributed by atoms with van der Waals surface area (Å²) < 4.78 is 5.27. The molecule has 0 unspecified atom stereocenters. The highest BCUT2D eigenvalue weighted by molar-refractivity contribution is 8.03. The molecule has 3 aliphatic heterocycles. The van der Waals surface area contributed by atoms with Crippen LogP contribution in [0.3, 0.4) is 0 Å². The maximum absolute atomic E-state index is 13.0. The number of carboxylic acid groups (broad SMARTS) is 1. The number of carboxylic acids is 1. The van der Waals surface area contributed by atoms with Crippen molar-refractivity contribution in [3.63, 3.8) is 0 Å². The highest BCUT2D eigenvalue weighted by atomic mass is 32.2. The van der Waals surface area contributed by atoms with E-state index in [-0.39, 0.29) is 41.3 Å². The Hall–Kier alpha value is -3.29. The van der Waals surface area contributed by atoms with E-state index in [1.54, 1.807) is 19.6 Å². The predicted molar refractivity (Wildman–Crippen MR) is 107 cm³/mol. The number of carbonyl (C=O) groups excluding carboxylic acids is 2. The van der Waals surface area contributed by atoms with Crippen LogP contribution in [0.15, 0.2) is 29.6 Å². The third kappa shape index (κ3) is 3.25. The minimum atomic E-state index is -1.10. The van der Waals surface area contributed by atoms with E-state index < -0.39 is 17.9 Å². The SMILES string of the molecule is C[C@@H](NC(=O)Cn1cnnn1)[C@H]1C(=O)N2C(C(=O)O)=C(SC3Cn4cnc[n+]4C3)[C@H](C)[C@H]12. The topological polar surface area (TPSA) is 152 Å². The number of tetrazole rings is 1. The van der Waals surface area contributed by atoms with E-state index in [4.69, 9.17) is 0 Å². The number of hydrogen-bond donors (Lipinski definition) is 2. The molecule has 5 heterocycles. The van der Waals surface area contributed by atoms with Crippen molar-refractivity contribution >= 4 is 29.5 Å². The second-order valence-corrected chi connectivity index (χ2v) is 9.60. The maximum Gasteiger partial charge on any atom is 0.353 e. The summed E-state index contributed by atoms with van der Waals surface area (Å²) in [5, 5.41) is 23.5. The van der Waals surface area contributed by atoms with Gasteiger partial charge in [0.15, 0.2) is 0 Å². The van der Waals surface area contributed by atoms with Crippen molar-refractivity contribution in [1.29, 1.82) is 0 Å². The molecule has 14 heteroatoms. The summed E-state index contributed by atoms with van der Waals surface area (Å²) in [6.45, 7) is 5.11. The van der Waals surface area contributed by atoms with E-state index >= 15 is 0 Å². The van der Waals surface area contributed by atoms with Gasteiger partial charge in [0.2, 0.25) is 18.1 Å². The molecule has 4 atom stereocenters. The zero-order valence-corrected chi connectivity index (χ0v) is 18.2. The number of amides is 2. The van der Waals surface area contributed by atoms with Gasteiger partial charge in [0, 0.05) is 16.9 Å². The minimum absolute atomic E-state index is 0.0586. The highest BCUT2D eigenvalue weighted by Gasteiger charge is 2.60. The molecule has 2 N–H and O–H groups in total. The molecule has 168 valence electrons. The molecule has 0 aliphatic carbocycles. The first-order chi connectivity index (χ1) is 15.3. The van der Waals surface area contributed by atoms with Gasteiger partial charge in [-0.2, -0.15) is 9.36 Å². The Kier molecular flexibility index (Phi) is 4.95. The molecule has 13 nitrogen and oxygen atoms in total. The Bertz CT molecular complexity index is 1090. The molecule has 0 spiro atoms. The monoisotopic (exact) mass is 460 g/mol. The van der Waals surface area contributed by atoms with Crippen molar-refractivity contribution in [3.8, 4) is 0 Å². The number of fused-ring (bicyclic) bond motifs is 2. The molecule has 32 heavy (non-hydrogen) atoms. The van der Waals surface area contributed by atoms with Crippen LogP contribution in [-0.2, 0) is 34.0 Å². The average molecular weight is 461 g/mol. The van der Waals surface area contributed by atoms with Gasteiger partial charge in [0.1, 0.15) is 25.1 Å². The molecule has 0 radical (unpaired) electrons. The van der Waals surface area contributed by atoms with Gasteiger partial charge in [-0.15, -0.1) is 16.9 Å². The molecule has 3 aliphatic rings. The Morgan fingerprint density at radius 3 is 2.91 bits per heavy atom. The van der Waals surface area contributed by atoms with E-state index in [0.29, 0.717) is 0 Å². The van der Waals surface area contributed by atoms with Gasteiger partial charge < -0.3 is 15.3 Å². The fraction of sp³-hybridized carbons (Fsp3) is 0.556. The fourth-order valence-corrected chi connectivity index (χ4v) is 6.30. The summed E-state index contributed by atoms with van der Waals surface area (Å²) in [4.78, 5) is 43.6. The molecule has 1 fully saturated rings. The average Bonchev–Trinajstić information content (AvgIpc) is 3.47. The van der Waals surface area contributed by atoms with E-state index in [1.807, 2.05) is 16.3 Å². The van der Waals surface area contributed by atoms with Crippen LogP contribution in [0.1, 0.15) is 13.8 Å². The van der Waals surface area contributed by atoms with Gasteiger partial charge >= 0.3 is 12.3 Å². The van der Waals surface area contributed by atoms with E-state index in [1.165, 1.54) is 27.7 Å². The van der Waals surface area contributed by atoms with Crippen LogP contribution >= 0.6 is 11.8 Å². The lowest BCUT2D eigenvalue weighted by molar-refractivity contribution is -0.758. The Morgan fingerprint density at radius 1 is 1.41 bits per heavy atom. The van der Waals surface area contributed by atoms with Crippen molar-refractivity contribution in [3.05, 3.63) is 29.6 Å². The largest absolute Gasteiger partial charge is 0.477 e. The number of aromatic nitrogens is 7. The molecule has 0 aromatic carbocycles. The first kappa shape index (κ1) is 20.6. The second kappa shape index (κ2) is 7.69. The van der Waals surface area contributed by atoms with Crippen molar-refractivity contribution in [2.45, 2.75) is 50.8 Å². The van der Waals surface area contributed by atoms with Crippen LogP contribution in [0.4, 0.5) is 0 Å². The quantitative estimate of drug-likeness (QED) is 0.362. The Labute approximate surface area is 186 Å². The van der Waals surface area contributed by atoms with Crippen LogP contribution in [0.5, 0.6) is 0 Å². The van der Waals surface area contributed by atoms with Gasteiger partial charge in [0.05, 0.1) is 23.8 Å². The van der Waals surface area contributed by atoms with Crippen molar-refractivity contribution in [2.24, 2.45) is 11.8 Å². The lowest BCUT2D eigenvalue weighted by Crippen LogP contribution is -2.66. The van der Waals surface area contributed by atoms with Crippen molar-refractivity contribution in [2.75, 3.05) is 0 Å². The molecule has 2 aromatic heterocycles. The molecule has 1 saturated heterocycles. The van der Waals surface area contributed by atoms with Gasteiger partial charge in [-0.3, -0.25) is 9.59 Å². The fourth-order valence-electron chi connectivity index (χ4n) is 4.84. The number of carbonyl (C=O) groups is 3. The molecule has 2 amide bonds. The molecular weight excluding hydrogens is 438 g/mol. The summed E-state index contributed by atoms with van der Waals surface area (Å²) >= 11 is 1.52. The molecule has 5 rings (SSSR count). The third-order valence-corrected chi connectivity index (χ3v) is 7.67. The zero-order valence-electron chi connectivity index (χ0n) is 17.4. The summed E-state index contributed by atoms with van der Waals surface area (Å²) in [5.74, 6) is -2.33. The summed E-state index contributed by atoms with van der Waals surface area (Å²) in [6.07, 6.45) is 4.83. The smallest absolute Gasteiger partial charge is 0.353 e. The standard InChI is InChI=1S/C18H21N9O4S/c1-9-14-13(10(2)21-12(28)5-24-8-20-22-23-24)17(29)27(14)15(18(30)31)16(9)32-11-3-25-6-19-7-26(25)4-11/h6-11,13-14H,3-5H2,1-2H3,(H-,21,28,30,31)/p+1/t9-,10-,13-,14-/m1/s1. The van der Waals surface area contributed by atoms with E-state index in [2.05, 4.69) is 25.8 Å². The molecule has 2 aromatic rings. The Morgan fingerprint density at radius 2 is 2.22 bits per heavy atom. The number of hydrogen-bond acceptors (Lipinski definition) is 8. The lowest BCUT2D eigenvalue weighted by atomic mass is 9.78. The normalized spacial score (nSPS) is 27.2. The maximum atomic E-state index is 13.0. The number of β-lactam (4-membered cyclic amide) rings is 1. The summed E-state index contributed by atoms with van der Waals surface area (Å²) in [5.41, 5.74) is 0.0701. The number of aliphatic carboxylic acids is 1. The van der Waals surface area contributed by atoms with E-state index in [9.17, 15) is 19.5 Å². The second-order valence-electron chi connectivity index (χ2n) is 8.26. The lowest BCUT2D eigenvalue weighted by Gasteiger charge is -2.47. The first-order valence-electron chi connectivity index (χ1n) is 10.2. The van der Waals surface area contributed by atoms with Crippen LogP contribution < -0.4 is 10.00 Å². The number of rotatable bonds is 7. The van der Waals surface area contributed by atoms with E-state index in [0.717, 1.165) is 18.0 Å². The Balaban J connectivity index is 1.29. The van der Waals surface area contributed by atoms with Crippen molar-refractivity contribution in [1.82, 2.24) is 40.1 Å². The number of nitrogens with one attached hydrogen (secondary N) is 1. The van der Waals surface area contributed by atoms with Crippen LogP contribution in [-0.4, -0.2) is 75.0 Å². The minimum Gasteiger partial charge on any atom is -0.477 e. The summed E-state index contributed by atoms with van der Waals surface area (Å²) in [7, 11) is 0. The molecule has 0 saturated carbocycles. The van der Waals surface area contributed by atoms with Gasteiger partial charge in [-0.25, -0.2) is 9.48 Å². The predicted octanol–water partition coefficient (Wildman–Crippen LogP) is -1.75. The first-order valence-corrected chi connectivity index (χ1v) is 11.1. The van der Waals surface area contributed by atoms with Crippen LogP contribution in [0.2, 0.25) is 0 Å². The number of thioether (sulfide) groups is 1. The van der Waals surface area contributed by atoms with Gasteiger partial charge in [-0.05, 0) is 22.3 Å². The van der Waals surface area contributed by atoms with Crippen LogP contribution in [0.25, 0.3) is 0 Å². The van der Waals surface area contributed by atoms with Gasteiger partial charge in [0.25, 0.3) is 0 Å². The summed E-state index contributed by atoms with van der Waals surface area (Å²) in [6, 6.07) is -0.752. The highest BCUT2D eigenvalue weighted by Crippen LogP contribution is 2.51. The zero-order chi connectivity index (χ0) is 22.6. The van der Waals surface area contributed by atoms with Gasteiger partial charge in [-0.1, -0.05) is 6.92 Å². The van der Waals surface area contributed by atoms with Crippen molar-refractivity contribution < 1.29 is 24.2 Å².